The molecule has 3 aromatic rings. The summed E-state index contributed by atoms with van der Waals surface area (Å²) in [5, 5.41) is 14.5. The van der Waals surface area contributed by atoms with Crippen LogP contribution in [0.5, 0.6) is 0 Å². The van der Waals surface area contributed by atoms with E-state index in [0.717, 1.165) is 11.4 Å². The third kappa shape index (κ3) is 3.86. The summed E-state index contributed by atoms with van der Waals surface area (Å²) in [5.74, 6) is 1.82. The molecule has 2 unspecified atom stereocenters. The van der Waals surface area contributed by atoms with Crippen LogP contribution in [0, 0.1) is 0 Å². The zero-order valence-electron chi connectivity index (χ0n) is 17.1. The number of benzene rings is 1. The molecule has 4 rings (SSSR count). The van der Waals surface area contributed by atoms with Gasteiger partial charge in [-0.2, -0.15) is 4.98 Å². The van der Waals surface area contributed by atoms with Crippen molar-refractivity contribution in [2.75, 3.05) is 23.8 Å². The fourth-order valence-corrected chi connectivity index (χ4v) is 3.45. The molecule has 1 aromatic carbocycles. The third-order valence-corrected chi connectivity index (χ3v) is 5.56. The lowest BCUT2D eigenvalue weighted by atomic mass is 9.91. The molecule has 30 heavy (non-hydrogen) atoms. The quantitative estimate of drug-likeness (QED) is 0.607. The molecule has 1 fully saturated rings. The van der Waals surface area contributed by atoms with Gasteiger partial charge in [-0.25, -0.2) is 9.97 Å². The normalized spacial score (nSPS) is 19.9. The SMILES string of the molecule is BC1(O)CN(c2ccnc(NC(C)c3cn(-c4ccc(Cl)cc4)cn3)n2)C(=C)N1C. The van der Waals surface area contributed by atoms with E-state index in [1.165, 1.54) is 0 Å². The van der Waals surface area contributed by atoms with Crippen molar-refractivity contribution in [2.24, 2.45) is 0 Å². The van der Waals surface area contributed by atoms with Gasteiger partial charge in [-0.3, -0.25) is 0 Å². The lowest BCUT2D eigenvalue weighted by molar-refractivity contribution is 0.0358. The Morgan fingerprint density at radius 2 is 2.00 bits per heavy atom. The maximum atomic E-state index is 10.5. The second kappa shape index (κ2) is 7.66. The first kappa shape index (κ1) is 20.2. The average Bonchev–Trinajstić information content (AvgIpc) is 3.29. The average molecular weight is 424 g/mol. The molecule has 8 nitrogen and oxygen atoms in total. The van der Waals surface area contributed by atoms with E-state index in [9.17, 15) is 5.11 Å². The van der Waals surface area contributed by atoms with Crippen LogP contribution < -0.4 is 10.2 Å². The van der Waals surface area contributed by atoms with E-state index in [1.54, 1.807) is 31.3 Å². The molecule has 10 heteroatoms. The Bertz CT molecular complexity index is 1070. The van der Waals surface area contributed by atoms with E-state index in [4.69, 9.17) is 11.6 Å². The number of aromatic nitrogens is 4. The Balaban J connectivity index is 1.49. The second-order valence-electron chi connectivity index (χ2n) is 7.57. The fraction of sp³-hybridized carbons (Fsp3) is 0.250. The number of hydrogen-bond donors (Lipinski definition) is 2. The maximum absolute atomic E-state index is 10.5. The zero-order valence-corrected chi connectivity index (χ0v) is 17.9. The van der Waals surface area contributed by atoms with E-state index in [0.29, 0.717) is 29.2 Å². The van der Waals surface area contributed by atoms with Crippen molar-refractivity contribution >= 4 is 31.2 Å². The van der Waals surface area contributed by atoms with E-state index in [-0.39, 0.29) is 6.04 Å². The highest BCUT2D eigenvalue weighted by Crippen LogP contribution is 2.30. The highest BCUT2D eigenvalue weighted by atomic mass is 35.5. The summed E-state index contributed by atoms with van der Waals surface area (Å²) < 4.78 is 1.94. The van der Waals surface area contributed by atoms with E-state index >= 15 is 0 Å². The van der Waals surface area contributed by atoms with Gasteiger partial charge in [0.25, 0.3) is 0 Å². The van der Waals surface area contributed by atoms with Gasteiger partial charge in [-0.15, -0.1) is 0 Å². The van der Waals surface area contributed by atoms with Crippen molar-refractivity contribution < 1.29 is 5.11 Å². The van der Waals surface area contributed by atoms with Crippen molar-refractivity contribution in [3.05, 3.63) is 72.2 Å². The highest BCUT2D eigenvalue weighted by Gasteiger charge is 2.39. The van der Waals surface area contributed by atoms with Gasteiger partial charge >= 0.3 is 0 Å². The minimum Gasteiger partial charge on any atom is -0.378 e. The van der Waals surface area contributed by atoms with E-state index < -0.39 is 5.62 Å². The molecule has 2 N–H and O–H groups in total. The number of halogens is 1. The topological polar surface area (TPSA) is 82.3 Å². The third-order valence-electron chi connectivity index (χ3n) is 5.31. The van der Waals surface area contributed by atoms with Gasteiger partial charge in [0.1, 0.15) is 17.3 Å². The number of rotatable bonds is 5. The number of hydrogen-bond acceptors (Lipinski definition) is 7. The maximum Gasteiger partial charge on any atom is 0.225 e. The van der Waals surface area contributed by atoms with Gasteiger partial charge in [0.2, 0.25) is 5.95 Å². The van der Waals surface area contributed by atoms with Crippen molar-refractivity contribution in [1.82, 2.24) is 24.4 Å². The lowest BCUT2D eigenvalue weighted by Crippen LogP contribution is -2.43. The highest BCUT2D eigenvalue weighted by molar-refractivity contribution is 6.30. The molecule has 0 aliphatic carbocycles. The summed E-state index contributed by atoms with van der Waals surface area (Å²) in [6, 6.07) is 9.25. The molecule has 0 amide bonds. The Morgan fingerprint density at radius 3 is 2.67 bits per heavy atom. The summed E-state index contributed by atoms with van der Waals surface area (Å²) in [6.07, 6.45) is 5.41. The Kier molecular flexibility index (Phi) is 5.17. The zero-order chi connectivity index (χ0) is 21.5. The Hall–Kier alpha value is -3.04. The van der Waals surface area contributed by atoms with E-state index in [1.807, 2.05) is 53.9 Å². The predicted octanol–water partition coefficient (Wildman–Crippen LogP) is 1.99. The molecule has 154 valence electrons. The fourth-order valence-electron chi connectivity index (χ4n) is 3.32. The standard InChI is InChI=1S/C20H23BClN7O/c1-13(17-10-28(12-24-17)16-6-4-15(22)5-7-16)25-19-23-9-8-18(26-19)29-11-20(21,30)27(3)14(29)2/h4-10,12-13,30H,2,11,21H2,1,3H3,(H,23,25,26). The lowest BCUT2D eigenvalue weighted by Gasteiger charge is -2.26. The van der Waals surface area contributed by atoms with Crippen LogP contribution in [-0.4, -0.2) is 56.6 Å². The predicted molar refractivity (Wildman–Crippen MR) is 120 cm³/mol. The number of aliphatic hydroxyl groups is 1. The van der Waals surface area contributed by atoms with Crippen LogP contribution >= 0.6 is 11.6 Å². The molecule has 0 saturated carbocycles. The number of β-amino-alcohol motifs (C(OH)–C–C–N with tert-alkyl or cyclic N) is 1. The minimum atomic E-state index is -1.00. The number of nitrogens with one attached hydrogen (secondary N) is 1. The van der Waals surface area contributed by atoms with Gasteiger partial charge in [0, 0.05) is 30.2 Å². The number of nitrogens with zero attached hydrogens (tertiary/aromatic N) is 6. The van der Waals surface area contributed by atoms with Crippen molar-refractivity contribution in [3.8, 4) is 5.69 Å². The van der Waals surface area contributed by atoms with Gasteiger partial charge < -0.3 is 24.8 Å². The summed E-state index contributed by atoms with van der Waals surface area (Å²) in [5.41, 5.74) is 0.830. The molecule has 0 radical (unpaired) electrons. The number of anilines is 2. The van der Waals surface area contributed by atoms with Crippen LogP contribution in [0.4, 0.5) is 11.8 Å². The first-order chi connectivity index (χ1) is 14.2. The van der Waals surface area contributed by atoms with Gasteiger partial charge in [-0.05, 0) is 37.3 Å². The summed E-state index contributed by atoms with van der Waals surface area (Å²) >= 11 is 5.96. The molecule has 2 aromatic heterocycles. The first-order valence-corrected chi connectivity index (χ1v) is 9.94. The molecule has 1 aliphatic heterocycles. The second-order valence-corrected chi connectivity index (χ2v) is 8.00. The molecule has 1 aliphatic rings. The minimum absolute atomic E-state index is 0.110. The van der Waals surface area contributed by atoms with Gasteiger partial charge in [0.15, 0.2) is 7.85 Å². The number of likely N-dealkylation sites (N-methyl/N-ethyl adjacent to an activating group) is 1. The number of imidazole rings is 1. The molecule has 0 spiro atoms. The summed E-state index contributed by atoms with van der Waals surface area (Å²) in [7, 11) is 3.55. The smallest absolute Gasteiger partial charge is 0.225 e. The Morgan fingerprint density at radius 1 is 1.27 bits per heavy atom. The van der Waals surface area contributed by atoms with Gasteiger partial charge in [0.05, 0.1) is 24.6 Å². The van der Waals surface area contributed by atoms with Crippen molar-refractivity contribution in [1.29, 1.82) is 0 Å². The van der Waals surface area contributed by atoms with Crippen LogP contribution in [0.15, 0.2) is 61.5 Å². The van der Waals surface area contributed by atoms with Crippen molar-refractivity contribution in [3.63, 3.8) is 0 Å². The Labute approximate surface area is 181 Å². The monoisotopic (exact) mass is 423 g/mol. The molecular weight excluding hydrogens is 401 g/mol. The van der Waals surface area contributed by atoms with Gasteiger partial charge in [-0.1, -0.05) is 18.2 Å². The van der Waals surface area contributed by atoms with Crippen LogP contribution in [0.3, 0.4) is 0 Å². The molecule has 3 heterocycles. The largest absolute Gasteiger partial charge is 0.378 e. The van der Waals surface area contributed by atoms with Crippen molar-refractivity contribution in [2.45, 2.75) is 18.6 Å². The van der Waals surface area contributed by atoms with Crippen LogP contribution in [0.25, 0.3) is 5.69 Å². The summed E-state index contributed by atoms with van der Waals surface area (Å²) in [4.78, 5) is 17.0. The first-order valence-electron chi connectivity index (χ1n) is 9.57. The van der Waals surface area contributed by atoms with Crippen LogP contribution in [0.1, 0.15) is 18.7 Å². The molecule has 0 bridgehead atoms. The van der Waals surface area contributed by atoms with Crippen LogP contribution in [0.2, 0.25) is 5.02 Å². The van der Waals surface area contributed by atoms with E-state index in [2.05, 4.69) is 26.8 Å². The molecule has 1 saturated heterocycles. The molecular formula is C20H23BClN7O. The summed E-state index contributed by atoms with van der Waals surface area (Å²) in [6.45, 7) is 6.43. The molecule has 2 atom stereocenters. The van der Waals surface area contributed by atoms with Crippen LogP contribution in [-0.2, 0) is 0 Å².